The average Bonchev–Trinajstić information content (AvgIpc) is 3.09. The molecule has 1 aliphatic carbocycles. The first kappa shape index (κ1) is 14.9. The van der Waals surface area contributed by atoms with E-state index in [9.17, 15) is 0 Å². The van der Waals surface area contributed by atoms with E-state index in [2.05, 4.69) is 27.6 Å². The van der Waals surface area contributed by atoms with Gasteiger partial charge in [-0.3, -0.25) is 9.67 Å². The summed E-state index contributed by atoms with van der Waals surface area (Å²) in [6.07, 6.45) is 10.6. The Labute approximate surface area is 121 Å². The van der Waals surface area contributed by atoms with Crippen LogP contribution in [0.3, 0.4) is 0 Å². The fourth-order valence-electron chi connectivity index (χ4n) is 3.02. The second kappa shape index (κ2) is 6.77. The lowest BCUT2D eigenvalue weighted by Gasteiger charge is -2.28. The summed E-state index contributed by atoms with van der Waals surface area (Å²) in [7, 11) is 3.76. The predicted octanol–water partition coefficient (Wildman–Crippen LogP) is 2.06. The Morgan fingerprint density at radius 1 is 1.40 bits per heavy atom. The van der Waals surface area contributed by atoms with Gasteiger partial charge in [0, 0.05) is 38.9 Å². The summed E-state index contributed by atoms with van der Waals surface area (Å²) in [5, 5.41) is 11.0. The van der Waals surface area contributed by atoms with Gasteiger partial charge in [0.25, 0.3) is 0 Å². The van der Waals surface area contributed by atoms with Crippen LogP contribution in [0, 0.1) is 5.41 Å². The highest BCUT2D eigenvalue weighted by Crippen LogP contribution is 2.40. The molecule has 0 amide bonds. The maximum Gasteiger partial charge on any atom is 0.191 e. The van der Waals surface area contributed by atoms with Crippen LogP contribution in [0.25, 0.3) is 0 Å². The quantitative estimate of drug-likeness (QED) is 0.640. The van der Waals surface area contributed by atoms with Crippen LogP contribution in [-0.2, 0) is 13.6 Å². The predicted molar refractivity (Wildman–Crippen MR) is 82.6 cm³/mol. The smallest absolute Gasteiger partial charge is 0.191 e. The fraction of sp³-hybridized carbons (Fsp3) is 0.733. The van der Waals surface area contributed by atoms with Crippen molar-refractivity contribution in [3.05, 3.63) is 18.0 Å². The highest BCUT2D eigenvalue weighted by Gasteiger charge is 2.31. The molecule has 112 valence electrons. The lowest BCUT2D eigenvalue weighted by Crippen LogP contribution is -2.42. The summed E-state index contributed by atoms with van der Waals surface area (Å²) in [5.74, 6) is 0.883. The normalized spacial score (nSPS) is 18.2. The van der Waals surface area contributed by atoms with Crippen molar-refractivity contribution < 1.29 is 0 Å². The van der Waals surface area contributed by atoms with E-state index in [0.29, 0.717) is 5.41 Å². The number of nitrogens with zero attached hydrogens (tertiary/aromatic N) is 3. The molecule has 1 saturated carbocycles. The van der Waals surface area contributed by atoms with E-state index in [1.807, 2.05) is 31.2 Å². The zero-order valence-corrected chi connectivity index (χ0v) is 12.9. The molecular formula is C15H27N5. The number of aromatic nitrogens is 2. The molecule has 5 heteroatoms. The molecule has 0 aliphatic heterocycles. The molecule has 1 aromatic heterocycles. The molecule has 0 radical (unpaired) electrons. The van der Waals surface area contributed by atoms with Gasteiger partial charge in [-0.1, -0.05) is 19.8 Å². The number of nitrogens with one attached hydrogen (secondary N) is 2. The third-order valence-corrected chi connectivity index (χ3v) is 4.49. The minimum atomic E-state index is 0.478. The Morgan fingerprint density at radius 2 is 2.15 bits per heavy atom. The first-order valence-electron chi connectivity index (χ1n) is 7.59. The topological polar surface area (TPSA) is 54.2 Å². The third-order valence-electron chi connectivity index (χ3n) is 4.49. The van der Waals surface area contributed by atoms with Crippen molar-refractivity contribution in [2.75, 3.05) is 13.6 Å². The van der Waals surface area contributed by atoms with E-state index < -0.39 is 0 Å². The van der Waals surface area contributed by atoms with Gasteiger partial charge in [0.05, 0.1) is 6.20 Å². The number of hydrogen-bond acceptors (Lipinski definition) is 2. The summed E-state index contributed by atoms with van der Waals surface area (Å²) < 4.78 is 1.82. The van der Waals surface area contributed by atoms with E-state index in [0.717, 1.165) is 19.0 Å². The Hall–Kier alpha value is -1.52. The monoisotopic (exact) mass is 277 g/mol. The highest BCUT2D eigenvalue weighted by molar-refractivity contribution is 5.79. The van der Waals surface area contributed by atoms with Crippen molar-refractivity contribution in [2.24, 2.45) is 17.5 Å². The summed E-state index contributed by atoms with van der Waals surface area (Å²) in [4.78, 5) is 4.30. The van der Waals surface area contributed by atoms with Gasteiger partial charge in [0.15, 0.2) is 5.96 Å². The Bertz CT molecular complexity index is 443. The number of guanidine groups is 1. The lowest BCUT2D eigenvalue weighted by atomic mass is 9.83. The molecule has 0 aromatic carbocycles. The SMILES string of the molecule is CCC1(CNC(=NC)NCc2cnn(C)c2)CCCC1. The van der Waals surface area contributed by atoms with Crippen LogP contribution < -0.4 is 10.6 Å². The van der Waals surface area contributed by atoms with Gasteiger partial charge in [-0.25, -0.2) is 0 Å². The number of aryl methyl sites for hydroxylation is 1. The van der Waals surface area contributed by atoms with Crippen molar-refractivity contribution in [2.45, 2.75) is 45.6 Å². The average molecular weight is 277 g/mol. The number of aliphatic imine (C=N–C) groups is 1. The van der Waals surface area contributed by atoms with Crippen molar-refractivity contribution in [3.63, 3.8) is 0 Å². The van der Waals surface area contributed by atoms with Crippen LogP contribution in [0.15, 0.2) is 17.4 Å². The molecular weight excluding hydrogens is 250 g/mol. The number of rotatable bonds is 5. The lowest BCUT2D eigenvalue weighted by molar-refractivity contribution is 0.283. The van der Waals surface area contributed by atoms with Crippen LogP contribution >= 0.6 is 0 Å². The maximum atomic E-state index is 4.30. The minimum Gasteiger partial charge on any atom is -0.356 e. The van der Waals surface area contributed by atoms with Gasteiger partial charge in [-0.05, 0) is 24.7 Å². The van der Waals surface area contributed by atoms with Crippen molar-refractivity contribution in [3.8, 4) is 0 Å². The zero-order chi connectivity index (χ0) is 14.4. The first-order chi connectivity index (χ1) is 9.67. The van der Waals surface area contributed by atoms with Gasteiger partial charge in [-0.2, -0.15) is 5.10 Å². The van der Waals surface area contributed by atoms with Gasteiger partial charge >= 0.3 is 0 Å². The third kappa shape index (κ3) is 3.74. The van der Waals surface area contributed by atoms with Gasteiger partial charge in [-0.15, -0.1) is 0 Å². The standard InChI is InChI=1S/C15H27N5/c1-4-15(7-5-6-8-15)12-18-14(16-2)17-9-13-10-19-20(3)11-13/h10-11H,4-9,12H2,1-3H3,(H2,16,17,18). The van der Waals surface area contributed by atoms with E-state index in [1.54, 1.807) is 0 Å². The molecule has 20 heavy (non-hydrogen) atoms. The summed E-state index contributed by atoms with van der Waals surface area (Å²) >= 11 is 0. The first-order valence-corrected chi connectivity index (χ1v) is 7.59. The van der Waals surface area contributed by atoms with Gasteiger partial charge in [0.2, 0.25) is 0 Å². The van der Waals surface area contributed by atoms with Crippen molar-refractivity contribution in [1.29, 1.82) is 0 Å². The number of hydrogen-bond donors (Lipinski definition) is 2. The summed E-state index contributed by atoms with van der Waals surface area (Å²) in [6.45, 7) is 4.09. The van der Waals surface area contributed by atoms with Crippen LogP contribution in [0.2, 0.25) is 0 Å². The second-order valence-corrected chi connectivity index (χ2v) is 5.86. The van der Waals surface area contributed by atoms with E-state index in [-0.39, 0.29) is 0 Å². The van der Waals surface area contributed by atoms with E-state index in [1.165, 1.54) is 37.7 Å². The molecule has 1 fully saturated rings. The molecule has 0 atom stereocenters. The molecule has 1 aromatic rings. The molecule has 0 unspecified atom stereocenters. The zero-order valence-electron chi connectivity index (χ0n) is 12.9. The Balaban J connectivity index is 1.80. The Morgan fingerprint density at radius 3 is 2.70 bits per heavy atom. The molecule has 0 spiro atoms. The van der Waals surface area contributed by atoms with Crippen molar-refractivity contribution in [1.82, 2.24) is 20.4 Å². The molecule has 2 rings (SSSR count). The molecule has 0 bridgehead atoms. The molecule has 2 N–H and O–H groups in total. The largest absolute Gasteiger partial charge is 0.356 e. The minimum absolute atomic E-state index is 0.478. The summed E-state index contributed by atoms with van der Waals surface area (Å²) in [6, 6.07) is 0. The maximum absolute atomic E-state index is 4.30. The molecule has 5 nitrogen and oxygen atoms in total. The molecule has 1 aliphatic rings. The Kier molecular flexibility index (Phi) is 5.04. The highest BCUT2D eigenvalue weighted by atomic mass is 15.2. The van der Waals surface area contributed by atoms with Crippen LogP contribution in [0.4, 0.5) is 0 Å². The second-order valence-electron chi connectivity index (χ2n) is 5.86. The van der Waals surface area contributed by atoms with E-state index in [4.69, 9.17) is 0 Å². The molecule has 1 heterocycles. The summed E-state index contributed by atoms with van der Waals surface area (Å²) in [5.41, 5.74) is 1.65. The molecule has 0 saturated heterocycles. The van der Waals surface area contributed by atoms with Crippen LogP contribution in [-0.4, -0.2) is 29.3 Å². The van der Waals surface area contributed by atoms with Crippen LogP contribution in [0.5, 0.6) is 0 Å². The van der Waals surface area contributed by atoms with E-state index >= 15 is 0 Å². The fourth-order valence-corrected chi connectivity index (χ4v) is 3.02. The van der Waals surface area contributed by atoms with Gasteiger partial charge in [0.1, 0.15) is 0 Å². The van der Waals surface area contributed by atoms with Gasteiger partial charge < -0.3 is 10.6 Å². The van der Waals surface area contributed by atoms with Crippen molar-refractivity contribution >= 4 is 5.96 Å². The van der Waals surface area contributed by atoms with Crippen LogP contribution in [0.1, 0.15) is 44.6 Å².